The smallest absolute Gasteiger partial charge is 0.352 e. The number of esters is 1. The highest BCUT2D eigenvalue weighted by Gasteiger charge is 2.18. The van der Waals surface area contributed by atoms with Crippen molar-refractivity contribution < 1.29 is 14.3 Å². The first-order chi connectivity index (χ1) is 11.0. The number of nitrogens with zero attached hydrogens (tertiary/aromatic N) is 1. The molecule has 1 aromatic carbocycles. The van der Waals surface area contributed by atoms with Gasteiger partial charge in [0.25, 0.3) is 0 Å². The van der Waals surface area contributed by atoms with E-state index in [2.05, 4.69) is 15.8 Å². The summed E-state index contributed by atoms with van der Waals surface area (Å²) in [6, 6.07) is 6.93. The average Bonchev–Trinajstić information content (AvgIpc) is 2.89. The van der Waals surface area contributed by atoms with Gasteiger partial charge >= 0.3 is 5.97 Å². The van der Waals surface area contributed by atoms with Crippen LogP contribution in [0.1, 0.15) is 22.2 Å². The molecule has 0 atom stereocenters. The molecule has 0 aliphatic carbocycles. The van der Waals surface area contributed by atoms with Gasteiger partial charge < -0.3 is 10.5 Å². The van der Waals surface area contributed by atoms with Crippen molar-refractivity contribution in [3.63, 3.8) is 0 Å². The summed E-state index contributed by atoms with van der Waals surface area (Å²) in [5.41, 5.74) is 11.5. The molecule has 122 valence electrons. The summed E-state index contributed by atoms with van der Waals surface area (Å²) in [4.78, 5) is 27.8. The second-order valence-corrected chi connectivity index (χ2v) is 5.89. The molecule has 2 rings (SSSR count). The first-order valence-corrected chi connectivity index (χ1v) is 7.91. The Bertz CT molecular complexity index is 703. The van der Waals surface area contributed by atoms with Crippen LogP contribution in [0.25, 0.3) is 0 Å². The van der Waals surface area contributed by atoms with E-state index in [1.165, 1.54) is 0 Å². The molecule has 0 bridgehead atoms. The molecule has 0 aliphatic rings. The van der Waals surface area contributed by atoms with Gasteiger partial charge in [0.1, 0.15) is 0 Å². The van der Waals surface area contributed by atoms with E-state index in [9.17, 15) is 9.59 Å². The number of hydrogen-bond acceptors (Lipinski definition) is 7. The van der Waals surface area contributed by atoms with Gasteiger partial charge in [0.15, 0.2) is 15.8 Å². The van der Waals surface area contributed by atoms with Crippen LogP contribution in [0.3, 0.4) is 0 Å². The first kappa shape index (κ1) is 17.0. The molecule has 4 N–H and O–H groups in total. The molecule has 0 radical (unpaired) electrons. The maximum absolute atomic E-state index is 11.9. The predicted molar refractivity (Wildman–Crippen MR) is 89.4 cm³/mol. The fourth-order valence-corrected chi connectivity index (χ4v) is 2.52. The number of ether oxygens (including phenoxy) is 1. The number of hydrogen-bond donors (Lipinski definition) is 3. The summed E-state index contributed by atoms with van der Waals surface area (Å²) >= 11 is 6.77. The summed E-state index contributed by atoms with van der Waals surface area (Å²) in [5.74, 6) is -0.680. The molecule has 0 aliphatic heterocycles. The average molecular weight is 355 g/mol. The molecule has 9 heteroatoms. The van der Waals surface area contributed by atoms with Gasteiger partial charge in [-0.05, 0) is 24.6 Å². The number of nitrogens with one attached hydrogen (secondary N) is 2. The van der Waals surface area contributed by atoms with Crippen LogP contribution in [0.2, 0.25) is 5.02 Å². The van der Waals surface area contributed by atoms with Gasteiger partial charge in [0.05, 0.1) is 13.0 Å². The quantitative estimate of drug-likeness (QED) is 0.542. The van der Waals surface area contributed by atoms with E-state index in [1.807, 2.05) is 0 Å². The molecule has 2 aromatic rings. The fourth-order valence-electron chi connectivity index (χ4n) is 1.72. The fraction of sp³-hybridized carbons (Fsp3) is 0.214. The molecular formula is C14H15ClN4O3S. The summed E-state index contributed by atoms with van der Waals surface area (Å²) in [5, 5.41) is 0.798. The molecule has 0 saturated heterocycles. The monoisotopic (exact) mass is 354 g/mol. The third kappa shape index (κ3) is 4.83. The van der Waals surface area contributed by atoms with Crippen molar-refractivity contribution in [1.29, 1.82) is 0 Å². The number of amides is 1. The van der Waals surface area contributed by atoms with Crippen molar-refractivity contribution in [2.75, 3.05) is 17.8 Å². The number of rotatable bonds is 6. The third-order valence-electron chi connectivity index (χ3n) is 2.70. The number of hydrazine groups is 1. The van der Waals surface area contributed by atoms with Gasteiger partial charge in [-0.1, -0.05) is 35.1 Å². The molecule has 0 spiro atoms. The second-order valence-electron chi connectivity index (χ2n) is 4.43. The van der Waals surface area contributed by atoms with Gasteiger partial charge in [-0.2, -0.15) is 0 Å². The predicted octanol–water partition coefficient (Wildman–Crippen LogP) is 2.24. The van der Waals surface area contributed by atoms with E-state index in [0.29, 0.717) is 5.02 Å². The molecular weight excluding hydrogens is 340 g/mol. The van der Waals surface area contributed by atoms with Crippen molar-refractivity contribution in [3.05, 3.63) is 39.7 Å². The number of carbonyl (C=O) groups is 2. The van der Waals surface area contributed by atoms with Crippen LogP contribution < -0.4 is 16.6 Å². The number of nitrogen functional groups attached to an aromatic ring is 1. The molecule has 0 saturated carbocycles. The molecule has 23 heavy (non-hydrogen) atoms. The van der Waals surface area contributed by atoms with Gasteiger partial charge in [-0.3, -0.25) is 15.6 Å². The highest BCUT2D eigenvalue weighted by Crippen LogP contribution is 2.25. The van der Waals surface area contributed by atoms with Crippen molar-refractivity contribution in [1.82, 2.24) is 10.4 Å². The number of halogens is 1. The van der Waals surface area contributed by atoms with Crippen molar-refractivity contribution >= 4 is 45.8 Å². The van der Waals surface area contributed by atoms with E-state index in [4.69, 9.17) is 22.1 Å². The Morgan fingerprint density at radius 1 is 1.35 bits per heavy atom. The Hall–Kier alpha value is -2.32. The van der Waals surface area contributed by atoms with Crippen LogP contribution in [0, 0.1) is 0 Å². The minimum atomic E-state index is -0.545. The van der Waals surface area contributed by atoms with Crippen LogP contribution in [-0.4, -0.2) is 23.5 Å². The lowest BCUT2D eigenvalue weighted by Gasteiger charge is -2.08. The number of aromatic nitrogens is 1. The lowest BCUT2D eigenvalue weighted by molar-refractivity contribution is -0.119. The summed E-state index contributed by atoms with van der Waals surface area (Å²) < 4.78 is 4.91. The molecule has 0 unspecified atom stereocenters. The van der Waals surface area contributed by atoms with Crippen molar-refractivity contribution in [2.24, 2.45) is 0 Å². The number of thiazole rings is 1. The van der Waals surface area contributed by atoms with E-state index in [1.54, 1.807) is 31.2 Å². The SMILES string of the molecule is CCOC(=O)c1sc(N)nc1NNC(=O)Cc1ccc(Cl)cc1. The number of benzene rings is 1. The van der Waals surface area contributed by atoms with Crippen LogP contribution in [0.5, 0.6) is 0 Å². The maximum atomic E-state index is 11.9. The van der Waals surface area contributed by atoms with Gasteiger partial charge in [-0.15, -0.1) is 0 Å². The Morgan fingerprint density at radius 2 is 2.04 bits per heavy atom. The zero-order chi connectivity index (χ0) is 16.8. The maximum Gasteiger partial charge on any atom is 0.352 e. The molecule has 0 fully saturated rings. The molecule has 1 amide bonds. The van der Waals surface area contributed by atoms with Gasteiger partial charge in [-0.25, -0.2) is 9.78 Å². The standard InChI is InChI=1S/C14H15ClN4O3S/c1-2-22-13(21)11-12(17-14(16)23-11)19-18-10(20)7-8-3-5-9(15)6-4-8/h3-6,19H,2,7H2,1H3,(H2,16,17)(H,18,20). The summed E-state index contributed by atoms with van der Waals surface area (Å²) in [7, 11) is 0. The number of anilines is 2. The van der Waals surface area contributed by atoms with E-state index in [0.717, 1.165) is 16.9 Å². The normalized spacial score (nSPS) is 10.2. The Morgan fingerprint density at radius 3 is 2.70 bits per heavy atom. The molecule has 1 aromatic heterocycles. The van der Waals surface area contributed by atoms with Crippen LogP contribution in [0.15, 0.2) is 24.3 Å². The third-order valence-corrected chi connectivity index (χ3v) is 3.82. The highest BCUT2D eigenvalue weighted by atomic mass is 35.5. The Kier molecular flexibility index (Phi) is 5.78. The summed E-state index contributed by atoms with van der Waals surface area (Å²) in [6.45, 7) is 1.93. The van der Waals surface area contributed by atoms with E-state index < -0.39 is 5.97 Å². The summed E-state index contributed by atoms with van der Waals surface area (Å²) in [6.07, 6.45) is 0.151. The highest BCUT2D eigenvalue weighted by molar-refractivity contribution is 7.17. The minimum absolute atomic E-state index is 0.151. The largest absolute Gasteiger partial charge is 0.462 e. The zero-order valence-corrected chi connectivity index (χ0v) is 13.8. The molecule has 7 nitrogen and oxygen atoms in total. The van der Waals surface area contributed by atoms with Crippen LogP contribution >= 0.6 is 22.9 Å². The second kappa shape index (κ2) is 7.80. The number of carbonyl (C=O) groups excluding carboxylic acids is 2. The van der Waals surface area contributed by atoms with Crippen LogP contribution in [-0.2, 0) is 16.0 Å². The van der Waals surface area contributed by atoms with Crippen LogP contribution in [0.4, 0.5) is 10.9 Å². The Balaban J connectivity index is 1.96. The Labute approximate surface area is 141 Å². The lowest BCUT2D eigenvalue weighted by Crippen LogP contribution is -2.31. The first-order valence-electron chi connectivity index (χ1n) is 6.72. The zero-order valence-electron chi connectivity index (χ0n) is 12.3. The van der Waals surface area contributed by atoms with Crippen molar-refractivity contribution in [3.8, 4) is 0 Å². The lowest BCUT2D eigenvalue weighted by atomic mass is 10.1. The number of nitrogens with two attached hydrogens (primary N) is 1. The van der Waals surface area contributed by atoms with E-state index in [-0.39, 0.29) is 34.8 Å². The van der Waals surface area contributed by atoms with Gasteiger partial charge in [0.2, 0.25) is 5.91 Å². The topological polar surface area (TPSA) is 106 Å². The van der Waals surface area contributed by atoms with Crippen molar-refractivity contribution in [2.45, 2.75) is 13.3 Å². The molecule has 1 heterocycles. The minimum Gasteiger partial charge on any atom is -0.462 e. The van der Waals surface area contributed by atoms with E-state index >= 15 is 0 Å². The van der Waals surface area contributed by atoms with Gasteiger partial charge in [0, 0.05) is 5.02 Å².